The van der Waals surface area contributed by atoms with E-state index in [9.17, 15) is 4.79 Å². The molecule has 2 rings (SSSR count). The lowest BCUT2D eigenvalue weighted by Crippen LogP contribution is -2.28. The van der Waals surface area contributed by atoms with Crippen molar-refractivity contribution >= 4 is 23.7 Å². The van der Waals surface area contributed by atoms with Gasteiger partial charge in [-0.15, -0.1) is 5.10 Å². The molecule has 0 bridgehead atoms. The number of carbonyl (C=O) groups is 1. The first-order valence-electron chi connectivity index (χ1n) is 6.42. The molecule has 0 aromatic carbocycles. The number of pyridine rings is 1. The summed E-state index contributed by atoms with van der Waals surface area (Å²) in [5, 5.41) is 4.48. The Morgan fingerprint density at radius 2 is 2.27 bits per heavy atom. The number of ether oxygens (including phenoxy) is 1. The lowest BCUT2D eigenvalue weighted by atomic mass is 10.2. The Labute approximate surface area is 131 Å². The van der Waals surface area contributed by atoms with Crippen molar-refractivity contribution in [2.75, 3.05) is 0 Å². The molecule has 0 aliphatic heterocycles. The van der Waals surface area contributed by atoms with Crippen molar-refractivity contribution in [3.8, 4) is 17.3 Å². The van der Waals surface area contributed by atoms with Crippen molar-refractivity contribution in [3.63, 3.8) is 0 Å². The Balaban J connectivity index is 2.25. The Morgan fingerprint density at radius 3 is 2.95 bits per heavy atom. The summed E-state index contributed by atoms with van der Waals surface area (Å²) in [6.07, 6.45) is 4.08. The molecular formula is C13H15ClN6O2. The van der Waals surface area contributed by atoms with E-state index in [-0.39, 0.29) is 11.3 Å². The fraction of sp³-hybridized carbons (Fsp3) is 0.231. The molecule has 116 valence electrons. The van der Waals surface area contributed by atoms with Crippen molar-refractivity contribution in [1.82, 2.24) is 25.2 Å². The zero-order valence-electron chi connectivity index (χ0n) is 12.0. The van der Waals surface area contributed by atoms with Crippen LogP contribution in [0.25, 0.3) is 17.6 Å². The van der Waals surface area contributed by atoms with E-state index >= 15 is 0 Å². The smallest absolute Gasteiger partial charge is 0.259 e. The van der Waals surface area contributed by atoms with Crippen LogP contribution in [0, 0.1) is 0 Å². The van der Waals surface area contributed by atoms with Crippen molar-refractivity contribution in [2.45, 2.75) is 20.0 Å². The van der Waals surface area contributed by atoms with Gasteiger partial charge in [0.1, 0.15) is 11.5 Å². The average Bonchev–Trinajstić information content (AvgIpc) is 2.92. The summed E-state index contributed by atoms with van der Waals surface area (Å²) in [4.78, 5) is 19.3. The van der Waals surface area contributed by atoms with Crippen molar-refractivity contribution in [2.24, 2.45) is 5.84 Å². The second-order valence-corrected chi connectivity index (χ2v) is 4.94. The molecule has 2 heterocycles. The second-order valence-electron chi connectivity index (χ2n) is 4.56. The van der Waals surface area contributed by atoms with Crippen LogP contribution in [0.2, 0.25) is 5.15 Å². The van der Waals surface area contributed by atoms with Crippen molar-refractivity contribution < 1.29 is 9.53 Å². The molecule has 0 unspecified atom stereocenters. The standard InChI is InChI=1S/C13H15ClN6O2/c1-8(2)22-12-6-9(5-10(14)17-12)13-16-7-20(19-13)4-3-11(21)18-15/h3-8H,15H2,1-2H3,(H,18,21). The van der Waals surface area contributed by atoms with Crippen molar-refractivity contribution in [1.29, 1.82) is 0 Å². The second kappa shape index (κ2) is 7.01. The number of nitrogens with zero attached hydrogens (tertiary/aromatic N) is 4. The van der Waals surface area contributed by atoms with Crippen LogP contribution in [0.5, 0.6) is 5.88 Å². The van der Waals surface area contributed by atoms with Gasteiger partial charge >= 0.3 is 0 Å². The van der Waals surface area contributed by atoms with E-state index in [0.717, 1.165) is 0 Å². The maximum atomic E-state index is 11.0. The van der Waals surface area contributed by atoms with Crippen LogP contribution < -0.4 is 16.0 Å². The molecule has 0 saturated heterocycles. The van der Waals surface area contributed by atoms with Gasteiger partial charge in [-0.3, -0.25) is 10.2 Å². The minimum absolute atomic E-state index is 0.0259. The van der Waals surface area contributed by atoms with Gasteiger partial charge in [-0.05, 0) is 19.9 Å². The Hall–Kier alpha value is -2.45. The topological polar surface area (TPSA) is 108 Å². The highest BCUT2D eigenvalue weighted by Gasteiger charge is 2.09. The SMILES string of the molecule is CC(C)Oc1cc(-c2ncn(C=CC(=O)NN)n2)cc(Cl)n1. The van der Waals surface area contributed by atoms with E-state index < -0.39 is 5.91 Å². The third-order valence-corrected chi connectivity index (χ3v) is 2.61. The number of nitrogens with one attached hydrogen (secondary N) is 1. The van der Waals surface area contributed by atoms with E-state index in [2.05, 4.69) is 15.1 Å². The highest BCUT2D eigenvalue weighted by Crippen LogP contribution is 2.23. The van der Waals surface area contributed by atoms with Gasteiger partial charge in [0.25, 0.3) is 5.91 Å². The van der Waals surface area contributed by atoms with E-state index in [1.807, 2.05) is 19.3 Å². The molecule has 3 N–H and O–H groups in total. The summed E-state index contributed by atoms with van der Waals surface area (Å²) in [6, 6.07) is 3.33. The molecule has 0 saturated carbocycles. The van der Waals surface area contributed by atoms with Crippen molar-refractivity contribution in [3.05, 3.63) is 29.7 Å². The number of carbonyl (C=O) groups excluding carboxylic acids is 1. The molecule has 2 aromatic rings. The van der Waals surface area contributed by atoms with Crippen LogP contribution in [0.1, 0.15) is 13.8 Å². The fourth-order valence-electron chi connectivity index (χ4n) is 1.57. The number of rotatable bonds is 5. The summed E-state index contributed by atoms with van der Waals surface area (Å²) in [5.74, 6) is 5.35. The minimum Gasteiger partial charge on any atom is -0.475 e. The molecule has 0 aliphatic carbocycles. The van der Waals surface area contributed by atoms with Gasteiger partial charge in [0, 0.05) is 23.9 Å². The Morgan fingerprint density at radius 1 is 1.50 bits per heavy atom. The van der Waals surface area contributed by atoms with E-state index in [4.69, 9.17) is 22.2 Å². The monoisotopic (exact) mass is 322 g/mol. The maximum absolute atomic E-state index is 11.0. The molecule has 9 heteroatoms. The lowest BCUT2D eigenvalue weighted by Gasteiger charge is -2.09. The summed E-state index contributed by atoms with van der Waals surface area (Å²) in [7, 11) is 0. The zero-order chi connectivity index (χ0) is 16.1. The highest BCUT2D eigenvalue weighted by atomic mass is 35.5. The molecule has 1 amide bonds. The highest BCUT2D eigenvalue weighted by molar-refractivity contribution is 6.29. The van der Waals surface area contributed by atoms with Crippen LogP contribution in [0.15, 0.2) is 24.5 Å². The van der Waals surface area contributed by atoms with Gasteiger partial charge in [0.2, 0.25) is 5.88 Å². The van der Waals surface area contributed by atoms with Gasteiger partial charge in [0.15, 0.2) is 5.82 Å². The number of amides is 1. The number of nitrogens with two attached hydrogens (primary N) is 1. The predicted octanol–water partition coefficient (Wildman–Crippen LogP) is 1.24. The molecule has 22 heavy (non-hydrogen) atoms. The van der Waals surface area contributed by atoms with Crippen LogP contribution in [0.3, 0.4) is 0 Å². The van der Waals surface area contributed by atoms with Crippen LogP contribution in [-0.2, 0) is 4.79 Å². The number of aromatic nitrogens is 4. The third-order valence-electron chi connectivity index (χ3n) is 2.41. The summed E-state index contributed by atoms with van der Waals surface area (Å²) in [6.45, 7) is 3.78. The van der Waals surface area contributed by atoms with Gasteiger partial charge in [-0.1, -0.05) is 11.6 Å². The van der Waals surface area contributed by atoms with E-state index in [1.165, 1.54) is 23.3 Å². The molecule has 8 nitrogen and oxygen atoms in total. The first kappa shape index (κ1) is 15.9. The molecule has 0 fully saturated rings. The zero-order valence-corrected chi connectivity index (χ0v) is 12.8. The Bertz CT molecular complexity index is 698. The van der Waals surface area contributed by atoms with Gasteiger partial charge in [0.05, 0.1) is 6.10 Å². The normalized spacial score (nSPS) is 11.1. The fourth-order valence-corrected chi connectivity index (χ4v) is 1.78. The molecule has 0 spiro atoms. The predicted molar refractivity (Wildman–Crippen MR) is 81.7 cm³/mol. The summed E-state index contributed by atoms with van der Waals surface area (Å²) >= 11 is 5.98. The minimum atomic E-state index is -0.448. The number of hydrogen-bond acceptors (Lipinski definition) is 6. The average molecular weight is 323 g/mol. The van der Waals surface area contributed by atoms with Gasteiger partial charge in [-0.2, -0.15) is 0 Å². The quantitative estimate of drug-likeness (QED) is 0.282. The Kier molecular flexibility index (Phi) is 5.08. The van der Waals surface area contributed by atoms with E-state index in [1.54, 1.807) is 12.1 Å². The van der Waals surface area contributed by atoms with E-state index in [0.29, 0.717) is 17.3 Å². The molecule has 0 aliphatic rings. The van der Waals surface area contributed by atoms with Gasteiger partial charge < -0.3 is 4.74 Å². The molecular weight excluding hydrogens is 308 g/mol. The summed E-state index contributed by atoms with van der Waals surface area (Å²) < 4.78 is 6.90. The largest absolute Gasteiger partial charge is 0.475 e. The summed E-state index contributed by atoms with van der Waals surface area (Å²) in [5.41, 5.74) is 2.64. The molecule has 0 radical (unpaired) electrons. The molecule has 0 atom stereocenters. The number of halogens is 1. The van der Waals surface area contributed by atoms with Gasteiger partial charge in [-0.25, -0.2) is 20.5 Å². The lowest BCUT2D eigenvalue weighted by molar-refractivity contribution is -0.116. The maximum Gasteiger partial charge on any atom is 0.259 e. The van der Waals surface area contributed by atoms with Crippen LogP contribution in [-0.4, -0.2) is 31.8 Å². The molecule has 2 aromatic heterocycles. The van der Waals surface area contributed by atoms with Crippen LogP contribution >= 0.6 is 11.6 Å². The first-order valence-corrected chi connectivity index (χ1v) is 6.80. The first-order chi connectivity index (χ1) is 10.5. The number of hydrogen-bond donors (Lipinski definition) is 2. The number of hydrazine groups is 1. The van der Waals surface area contributed by atoms with Crippen LogP contribution in [0.4, 0.5) is 0 Å². The third kappa shape index (κ3) is 4.27.